The van der Waals surface area contributed by atoms with Crippen molar-refractivity contribution in [2.45, 2.75) is 6.92 Å². The van der Waals surface area contributed by atoms with Gasteiger partial charge in [0.15, 0.2) is 0 Å². The maximum Gasteiger partial charge on any atom is 0.124 e. The Morgan fingerprint density at radius 3 is 2.75 bits per heavy atom. The van der Waals surface area contributed by atoms with Crippen LogP contribution in [0.15, 0.2) is 24.3 Å². The minimum atomic E-state index is -0.177. The summed E-state index contributed by atoms with van der Waals surface area (Å²) in [5.74, 6) is -0.177. The highest BCUT2D eigenvalue weighted by molar-refractivity contribution is 9.09. The summed E-state index contributed by atoms with van der Waals surface area (Å²) in [6.07, 6.45) is 3.83. The van der Waals surface area contributed by atoms with Crippen LogP contribution in [0.1, 0.15) is 11.1 Å². The SMILES string of the molecule is Cc1cc(F)cc(C=CCBr)c1. The van der Waals surface area contributed by atoms with E-state index in [4.69, 9.17) is 0 Å². The minimum Gasteiger partial charge on any atom is -0.207 e. The summed E-state index contributed by atoms with van der Waals surface area (Å²) in [7, 11) is 0. The quantitative estimate of drug-likeness (QED) is 0.680. The number of halogens is 2. The Morgan fingerprint density at radius 1 is 1.42 bits per heavy atom. The molecular weight excluding hydrogens is 219 g/mol. The molecule has 0 spiro atoms. The second kappa shape index (κ2) is 4.41. The molecule has 0 saturated carbocycles. The zero-order valence-corrected chi connectivity index (χ0v) is 8.44. The van der Waals surface area contributed by atoms with Gasteiger partial charge in [0.2, 0.25) is 0 Å². The van der Waals surface area contributed by atoms with Gasteiger partial charge in [0.05, 0.1) is 0 Å². The Hall–Kier alpha value is -0.630. The Bertz CT molecular complexity index is 272. The summed E-state index contributed by atoms with van der Waals surface area (Å²) in [6, 6.07) is 4.99. The molecule has 0 radical (unpaired) electrons. The molecule has 0 bridgehead atoms. The molecule has 0 aromatic heterocycles. The molecule has 0 nitrogen and oxygen atoms in total. The molecule has 0 saturated heterocycles. The van der Waals surface area contributed by atoms with Crippen LogP contribution in [0.4, 0.5) is 4.39 Å². The summed E-state index contributed by atoms with van der Waals surface area (Å²) >= 11 is 3.26. The Labute approximate surface area is 80.2 Å². The topological polar surface area (TPSA) is 0 Å². The van der Waals surface area contributed by atoms with Gasteiger partial charge in [-0.2, -0.15) is 0 Å². The van der Waals surface area contributed by atoms with E-state index in [-0.39, 0.29) is 5.82 Å². The van der Waals surface area contributed by atoms with E-state index in [1.54, 1.807) is 0 Å². The Morgan fingerprint density at radius 2 is 2.17 bits per heavy atom. The van der Waals surface area contributed by atoms with Gasteiger partial charge >= 0.3 is 0 Å². The fourth-order valence-electron chi connectivity index (χ4n) is 1.04. The third-order valence-electron chi connectivity index (χ3n) is 1.46. The third-order valence-corrected chi connectivity index (χ3v) is 1.84. The highest BCUT2D eigenvalue weighted by atomic mass is 79.9. The molecule has 0 heterocycles. The lowest BCUT2D eigenvalue weighted by Crippen LogP contribution is -1.80. The van der Waals surface area contributed by atoms with E-state index >= 15 is 0 Å². The van der Waals surface area contributed by atoms with Crippen molar-refractivity contribution in [1.82, 2.24) is 0 Å². The van der Waals surface area contributed by atoms with Gasteiger partial charge in [-0.15, -0.1) is 0 Å². The van der Waals surface area contributed by atoms with Gasteiger partial charge in [-0.3, -0.25) is 0 Å². The van der Waals surface area contributed by atoms with Gasteiger partial charge in [-0.1, -0.05) is 34.1 Å². The maximum atomic E-state index is 12.8. The fraction of sp³-hybridized carbons (Fsp3) is 0.200. The zero-order valence-electron chi connectivity index (χ0n) is 6.85. The monoisotopic (exact) mass is 228 g/mol. The molecule has 0 N–H and O–H groups in total. The first kappa shape index (κ1) is 9.46. The Balaban J connectivity index is 2.93. The molecule has 64 valence electrons. The standard InChI is InChI=1S/C10H10BrF/c1-8-5-9(3-2-4-11)7-10(12)6-8/h2-3,5-7H,4H2,1H3. The van der Waals surface area contributed by atoms with Crippen LogP contribution in [0.3, 0.4) is 0 Å². The van der Waals surface area contributed by atoms with E-state index in [0.717, 1.165) is 16.5 Å². The van der Waals surface area contributed by atoms with Crippen molar-refractivity contribution in [1.29, 1.82) is 0 Å². The maximum absolute atomic E-state index is 12.8. The number of aryl methyl sites for hydroxylation is 1. The molecule has 0 fully saturated rings. The summed E-state index contributed by atoms with van der Waals surface area (Å²) in [6.45, 7) is 1.88. The molecule has 0 unspecified atom stereocenters. The van der Waals surface area contributed by atoms with E-state index in [2.05, 4.69) is 15.9 Å². The average molecular weight is 229 g/mol. The largest absolute Gasteiger partial charge is 0.207 e. The number of hydrogen-bond donors (Lipinski definition) is 0. The predicted octanol–water partition coefficient (Wildman–Crippen LogP) is 3.54. The van der Waals surface area contributed by atoms with Crippen LogP contribution in [0.25, 0.3) is 6.08 Å². The summed E-state index contributed by atoms with van der Waals surface area (Å²) < 4.78 is 12.8. The average Bonchev–Trinajstić information content (AvgIpc) is 1.99. The molecule has 1 aromatic rings. The van der Waals surface area contributed by atoms with Crippen molar-refractivity contribution >= 4 is 22.0 Å². The van der Waals surface area contributed by atoms with Crippen molar-refractivity contribution in [3.05, 3.63) is 41.2 Å². The lowest BCUT2D eigenvalue weighted by atomic mass is 10.1. The highest BCUT2D eigenvalue weighted by Gasteiger charge is 1.93. The summed E-state index contributed by atoms with van der Waals surface area (Å²) in [5.41, 5.74) is 1.86. The molecule has 0 amide bonds. The van der Waals surface area contributed by atoms with Crippen LogP contribution in [0.5, 0.6) is 0 Å². The second-order valence-electron chi connectivity index (χ2n) is 2.62. The first-order valence-electron chi connectivity index (χ1n) is 3.72. The van der Waals surface area contributed by atoms with Crippen LogP contribution in [0.2, 0.25) is 0 Å². The van der Waals surface area contributed by atoms with Gasteiger partial charge in [0.25, 0.3) is 0 Å². The lowest BCUT2D eigenvalue weighted by Gasteiger charge is -1.96. The number of hydrogen-bond acceptors (Lipinski definition) is 0. The fourth-order valence-corrected chi connectivity index (χ4v) is 1.23. The minimum absolute atomic E-state index is 0.177. The van der Waals surface area contributed by atoms with E-state index in [1.807, 2.05) is 25.1 Å². The van der Waals surface area contributed by atoms with Crippen LogP contribution < -0.4 is 0 Å². The molecule has 2 heteroatoms. The molecule has 12 heavy (non-hydrogen) atoms. The zero-order chi connectivity index (χ0) is 8.97. The van der Waals surface area contributed by atoms with Crippen molar-refractivity contribution in [3.8, 4) is 0 Å². The van der Waals surface area contributed by atoms with Gasteiger partial charge < -0.3 is 0 Å². The van der Waals surface area contributed by atoms with Gasteiger partial charge in [0.1, 0.15) is 5.82 Å². The normalized spacial score (nSPS) is 10.9. The summed E-state index contributed by atoms with van der Waals surface area (Å²) in [5, 5.41) is 0.794. The molecule has 0 aliphatic carbocycles. The molecule has 1 rings (SSSR count). The molecule has 0 aliphatic rings. The van der Waals surface area contributed by atoms with Gasteiger partial charge in [0, 0.05) is 5.33 Å². The van der Waals surface area contributed by atoms with Crippen LogP contribution in [-0.2, 0) is 0 Å². The first-order chi connectivity index (χ1) is 5.72. The lowest BCUT2D eigenvalue weighted by molar-refractivity contribution is 0.626. The number of allylic oxidation sites excluding steroid dienone is 1. The number of alkyl halides is 1. The number of benzene rings is 1. The van der Waals surface area contributed by atoms with Gasteiger partial charge in [-0.25, -0.2) is 4.39 Å². The third kappa shape index (κ3) is 2.78. The molecule has 1 aromatic carbocycles. The smallest absolute Gasteiger partial charge is 0.124 e. The van der Waals surface area contributed by atoms with Crippen LogP contribution >= 0.6 is 15.9 Å². The Kier molecular flexibility index (Phi) is 3.48. The molecular formula is C10H10BrF. The molecule has 0 aliphatic heterocycles. The van der Waals surface area contributed by atoms with Crippen molar-refractivity contribution < 1.29 is 4.39 Å². The van der Waals surface area contributed by atoms with E-state index in [1.165, 1.54) is 12.1 Å². The highest BCUT2D eigenvalue weighted by Crippen LogP contribution is 2.09. The van der Waals surface area contributed by atoms with Crippen LogP contribution in [-0.4, -0.2) is 5.33 Å². The van der Waals surface area contributed by atoms with Crippen molar-refractivity contribution in [2.24, 2.45) is 0 Å². The first-order valence-corrected chi connectivity index (χ1v) is 4.84. The number of rotatable bonds is 2. The van der Waals surface area contributed by atoms with Crippen molar-refractivity contribution in [3.63, 3.8) is 0 Å². The van der Waals surface area contributed by atoms with E-state index in [0.29, 0.717) is 0 Å². The predicted molar refractivity (Wildman–Crippen MR) is 54.0 cm³/mol. The molecule has 0 atom stereocenters. The van der Waals surface area contributed by atoms with E-state index in [9.17, 15) is 4.39 Å². The van der Waals surface area contributed by atoms with Crippen molar-refractivity contribution in [2.75, 3.05) is 5.33 Å². The second-order valence-corrected chi connectivity index (χ2v) is 3.27. The summed E-state index contributed by atoms with van der Waals surface area (Å²) in [4.78, 5) is 0. The van der Waals surface area contributed by atoms with E-state index < -0.39 is 0 Å². The van der Waals surface area contributed by atoms with Crippen LogP contribution in [0, 0.1) is 12.7 Å². The van der Waals surface area contributed by atoms with Gasteiger partial charge in [-0.05, 0) is 30.2 Å².